The van der Waals surface area contributed by atoms with Crippen molar-refractivity contribution in [2.24, 2.45) is 0 Å². The van der Waals surface area contributed by atoms with E-state index in [2.05, 4.69) is 22.3 Å². The number of benzene rings is 2. The van der Waals surface area contributed by atoms with Crippen LogP contribution in [0.4, 0.5) is 11.4 Å². The Balaban J connectivity index is 1.45. The molecule has 4 rings (SSSR count). The van der Waals surface area contributed by atoms with Crippen molar-refractivity contribution in [2.45, 2.75) is 11.3 Å². The van der Waals surface area contributed by atoms with Gasteiger partial charge in [-0.3, -0.25) is 9.59 Å². The second-order valence-electron chi connectivity index (χ2n) is 6.47. The van der Waals surface area contributed by atoms with E-state index in [0.717, 1.165) is 29.4 Å². The van der Waals surface area contributed by atoms with E-state index in [1.807, 2.05) is 41.3 Å². The van der Waals surface area contributed by atoms with E-state index in [1.54, 1.807) is 11.8 Å². The molecule has 1 saturated heterocycles. The highest BCUT2D eigenvalue weighted by molar-refractivity contribution is 7.99. The third kappa shape index (κ3) is 3.55. The maximum Gasteiger partial charge on any atom is 0.254 e. The van der Waals surface area contributed by atoms with Crippen LogP contribution in [0.3, 0.4) is 0 Å². The van der Waals surface area contributed by atoms with Gasteiger partial charge in [0.15, 0.2) is 0 Å². The summed E-state index contributed by atoms with van der Waals surface area (Å²) in [5.74, 6) is 0.814. The summed E-state index contributed by atoms with van der Waals surface area (Å²) in [7, 11) is 0. The molecule has 1 fully saturated rings. The quantitative estimate of drug-likeness (QED) is 0.886. The van der Waals surface area contributed by atoms with Crippen molar-refractivity contribution >= 4 is 35.0 Å². The van der Waals surface area contributed by atoms with Gasteiger partial charge in [-0.1, -0.05) is 18.2 Å². The first-order valence-electron chi connectivity index (χ1n) is 8.87. The highest BCUT2D eigenvalue weighted by atomic mass is 32.2. The summed E-state index contributed by atoms with van der Waals surface area (Å²) in [6, 6.07) is 15.9. The molecule has 0 unspecified atom stereocenters. The van der Waals surface area contributed by atoms with Gasteiger partial charge in [-0.15, -0.1) is 11.8 Å². The summed E-state index contributed by atoms with van der Waals surface area (Å²) in [5, 5.41) is 2.91. The van der Waals surface area contributed by atoms with Gasteiger partial charge in [0.25, 0.3) is 5.91 Å². The third-order valence-corrected chi connectivity index (χ3v) is 5.85. The van der Waals surface area contributed by atoms with Gasteiger partial charge >= 0.3 is 0 Å². The van der Waals surface area contributed by atoms with Gasteiger partial charge in [-0.25, -0.2) is 0 Å². The minimum atomic E-state index is 0.0114. The molecule has 2 aromatic rings. The maximum absolute atomic E-state index is 12.9. The number of hydrogen-bond acceptors (Lipinski definition) is 4. The van der Waals surface area contributed by atoms with Gasteiger partial charge in [0.05, 0.1) is 5.69 Å². The van der Waals surface area contributed by atoms with Crippen LogP contribution >= 0.6 is 11.8 Å². The van der Waals surface area contributed by atoms with E-state index in [-0.39, 0.29) is 11.8 Å². The zero-order chi connectivity index (χ0) is 17.9. The molecule has 1 N–H and O–H groups in total. The first kappa shape index (κ1) is 17.0. The number of hydrogen-bond donors (Lipinski definition) is 1. The minimum absolute atomic E-state index is 0.0114. The van der Waals surface area contributed by atoms with E-state index in [1.165, 1.54) is 5.69 Å². The average molecular weight is 367 g/mol. The molecule has 2 heterocycles. The molecular weight excluding hydrogens is 346 g/mol. The summed E-state index contributed by atoms with van der Waals surface area (Å²) < 4.78 is 0. The number of piperazine rings is 1. The van der Waals surface area contributed by atoms with Crippen LogP contribution < -0.4 is 10.2 Å². The van der Waals surface area contributed by atoms with E-state index in [0.29, 0.717) is 25.1 Å². The van der Waals surface area contributed by atoms with Crippen molar-refractivity contribution in [3.05, 3.63) is 54.1 Å². The molecule has 6 heteroatoms. The lowest BCUT2D eigenvalue weighted by atomic mass is 10.1. The lowest BCUT2D eigenvalue weighted by Gasteiger charge is -2.36. The van der Waals surface area contributed by atoms with Gasteiger partial charge in [0.2, 0.25) is 5.91 Å². The van der Waals surface area contributed by atoms with Crippen LogP contribution in [0, 0.1) is 0 Å². The van der Waals surface area contributed by atoms with Crippen LogP contribution in [0.25, 0.3) is 0 Å². The fraction of sp³-hybridized carbons (Fsp3) is 0.300. The monoisotopic (exact) mass is 367 g/mol. The van der Waals surface area contributed by atoms with Crippen LogP contribution in [-0.2, 0) is 4.79 Å². The number of fused-ring (bicyclic) bond motifs is 1. The molecule has 2 aliphatic heterocycles. The van der Waals surface area contributed by atoms with E-state index in [4.69, 9.17) is 0 Å². The first-order chi connectivity index (χ1) is 12.7. The van der Waals surface area contributed by atoms with Crippen LogP contribution in [0.1, 0.15) is 16.8 Å². The highest BCUT2D eigenvalue weighted by Gasteiger charge is 2.23. The lowest BCUT2D eigenvalue weighted by molar-refractivity contribution is -0.115. The molecule has 0 aromatic heterocycles. The SMILES string of the molecule is O=C1CCSc2ccc(C(=O)N3CCN(c4ccccc4)CC3)cc2N1. The maximum atomic E-state index is 12.9. The Morgan fingerprint density at radius 2 is 1.77 bits per heavy atom. The smallest absolute Gasteiger partial charge is 0.254 e. The van der Waals surface area contributed by atoms with Gasteiger partial charge in [-0.2, -0.15) is 0 Å². The Morgan fingerprint density at radius 3 is 2.54 bits per heavy atom. The van der Waals surface area contributed by atoms with Crippen LogP contribution in [-0.4, -0.2) is 48.6 Å². The first-order valence-corrected chi connectivity index (χ1v) is 9.85. The minimum Gasteiger partial charge on any atom is -0.368 e. The zero-order valence-corrected chi connectivity index (χ0v) is 15.3. The lowest BCUT2D eigenvalue weighted by Crippen LogP contribution is -2.48. The van der Waals surface area contributed by atoms with Crippen molar-refractivity contribution in [3.63, 3.8) is 0 Å². The predicted molar refractivity (Wildman–Crippen MR) is 105 cm³/mol. The second-order valence-corrected chi connectivity index (χ2v) is 7.61. The summed E-state index contributed by atoms with van der Waals surface area (Å²) >= 11 is 1.65. The molecule has 0 aliphatic carbocycles. The summed E-state index contributed by atoms with van der Waals surface area (Å²) in [6.07, 6.45) is 0.504. The molecule has 5 nitrogen and oxygen atoms in total. The number of carbonyl (C=O) groups excluding carboxylic acids is 2. The number of amides is 2. The molecular formula is C20H21N3O2S. The van der Waals surface area contributed by atoms with Crippen LogP contribution in [0.5, 0.6) is 0 Å². The van der Waals surface area contributed by atoms with Crippen molar-refractivity contribution in [3.8, 4) is 0 Å². The average Bonchev–Trinajstić information content (AvgIpc) is 2.88. The number of nitrogens with one attached hydrogen (secondary N) is 1. The van der Waals surface area contributed by atoms with Crippen LogP contribution in [0.2, 0.25) is 0 Å². The number of nitrogens with zero attached hydrogens (tertiary/aromatic N) is 2. The molecule has 0 radical (unpaired) electrons. The van der Waals surface area contributed by atoms with E-state index >= 15 is 0 Å². The molecule has 0 spiro atoms. The molecule has 0 bridgehead atoms. The van der Waals surface area contributed by atoms with Crippen LogP contribution in [0.15, 0.2) is 53.4 Å². The molecule has 2 aromatic carbocycles. The summed E-state index contributed by atoms with van der Waals surface area (Å²) in [6.45, 7) is 3.05. The number of rotatable bonds is 2. The van der Waals surface area contributed by atoms with Gasteiger partial charge in [0, 0.05) is 54.5 Å². The highest BCUT2D eigenvalue weighted by Crippen LogP contribution is 2.32. The Morgan fingerprint density at radius 1 is 1.00 bits per heavy atom. The predicted octanol–water partition coefficient (Wildman–Crippen LogP) is 3.08. The fourth-order valence-corrected chi connectivity index (χ4v) is 4.28. The Bertz CT molecular complexity index is 817. The van der Waals surface area contributed by atoms with Gasteiger partial charge in [0.1, 0.15) is 0 Å². The molecule has 0 saturated carbocycles. The van der Waals surface area contributed by atoms with Crippen molar-refractivity contribution in [2.75, 3.05) is 42.1 Å². The Labute approximate surface area is 157 Å². The molecule has 26 heavy (non-hydrogen) atoms. The standard InChI is InChI=1S/C20H21N3O2S/c24-19-8-13-26-18-7-6-15(14-17(18)21-19)20(25)23-11-9-22(10-12-23)16-4-2-1-3-5-16/h1-7,14H,8-13H2,(H,21,24). The largest absolute Gasteiger partial charge is 0.368 e. The third-order valence-electron chi connectivity index (χ3n) is 4.78. The number of thioether (sulfide) groups is 1. The van der Waals surface area contributed by atoms with Crippen molar-refractivity contribution < 1.29 is 9.59 Å². The van der Waals surface area contributed by atoms with E-state index < -0.39 is 0 Å². The number of para-hydroxylation sites is 1. The molecule has 2 aliphatic rings. The number of anilines is 2. The van der Waals surface area contributed by atoms with Gasteiger partial charge < -0.3 is 15.1 Å². The molecule has 134 valence electrons. The Kier molecular flexibility index (Phi) is 4.84. The zero-order valence-electron chi connectivity index (χ0n) is 14.5. The summed E-state index contributed by atoms with van der Waals surface area (Å²) in [5.41, 5.74) is 2.59. The topological polar surface area (TPSA) is 52.7 Å². The Hall–Kier alpha value is -2.47. The van der Waals surface area contributed by atoms with Crippen molar-refractivity contribution in [1.29, 1.82) is 0 Å². The molecule has 0 atom stereocenters. The van der Waals surface area contributed by atoms with Crippen molar-refractivity contribution in [1.82, 2.24) is 4.90 Å². The van der Waals surface area contributed by atoms with Gasteiger partial charge in [-0.05, 0) is 30.3 Å². The number of carbonyl (C=O) groups is 2. The second kappa shape index (κ2) is 7.41. The summed E-state index contributed by atoms with van der Waals surface area (Å²) in [4.78, 5) is 29.9. The van der Waals surface area contributed by atoms with E-state index in [9.17, 15) is 9.59 Å². The molecule has 2 amide bonds. The normalized spacial score (nSPS) is 17.3. The fourth-order valence-electron chi connectivity index (χ4n) is 3.34.